The van der Waals surface area contributed by atoms with Gasteiger partial charge in [-0.25, -0.2) is 4.83 Å². The molecule has 0 amide bonds. The van der Waals surface area contributed by atoms with E-state index in [-0.39, 0.29) is 21.8 Å². The van der Waals surface area contributed by atoms with E-state index in [9.17, 15) is 28.6 Å². The Morgan fingerprint density at radius 1 is 1.12 bits per heavy atom. The molecule has 13 nitrogen and oxygen atoms in total. The lowest BCUT2D eigenvalue weighted by molar-refractivity contribution is -0.387. The molecule has 0 radical (unpaired) electrons. The van der Waals surface area contributed by atoms with Crippen LogP contribution in [0.1, 0.15) is 11.1 Å². The highest BCUT2D eigenvalue weighted by Gasteiger charge is 2.20. The van der Waals surface area contributed by atoms with E-state index < -0.39 is 19.9 Å². The summed E-state index contributed by atoms with van der Waals surface area (Å²) in [7, 11) is -2.49. The molecule has 0 bridgehead atoms. The molecule has 0 atom stereocenters. The van der Waals surface area contributed by atoms with Crippen molar-refractivity contribution in [3.8, 4) is 0 Å². The van der Waals surface area contributed by atoms with Crippen LogP contribution in [0.3, 0.4) is 0 Å². The Labute approximate surface area is 185 Å². The number of sulfonamides is 1. The Morgan fingerprint density at radius 2 is 1.84 bits per heavy atom. The number of hydrazone groups is 1. The van der Waals surface area contributed by atoms with Gasteiger partial charge in [-0.05, 0) is 30.8 Å². The van der Waals surface area contributed by atoms with E-state index in [1.807, 2.05) is 4.83 Å². The molecule has 3 aromatic rings. The molecule has 0 unspecified atom stereocenters. The second-order valence-corrected chi connectivity index (χ2v) is 9.04. The predicted octanol–water partition coefficient (Wildman–Crippen LogP) is 2.40. The average Bonchev–Trinajstić information content (AvgIpc) is 3.13. The fraction of sp³-hybridized carbons (Fsp3) is 0.118. The second-order valence-electron chi connectivity index (χ2n) is 6.37. The fourth-order valence-corrected chi connectivity index (χ4v) is 4.14. The first-order chi connectivity index (χ1) is 15.1. The van der Waals surface area contributed by atoms with Crippen LogP contribution in [-0.2, 0) is 17.1 Å². The summed E-state index contributed by atoms with van der Waals surface area (Å²) in [5.74, 6) is 0. The van der Waals surface area contributed by atoms with E-state index in [2.05, 4.69) is 15.3 Å². The number of nitrogens with one attached hydrogen (secondary N) is 1. The first kappa shape index (κ1) is 22.8. The molecule has 32 heavy (non-hydrogen) atoms. The summed E-state index contributed by atoms with van der Waals surface area (Å²) in [4.78, 5) is 23.1. The van der Waals surface area contributed by atoms with E-state index in [4.69, 9.17) is 0 Å². The number of hydrogen-bond acceptors (Lipinski definition) is 10. The summed E-state index contributed by atoms with van der Waals surface area (Å²) < 4.78 is 26.4. The van der Waals surface area contributed by atoms with Crippen molar-refractivity contribution in [3.05, 3.63) is 74.1 Å². The van der Waals surface area contributed by atoms with Crippen LogP contribution in [0.2, 0.25) is 0 Å². The molecule has 0 saturated carbocycles. The first-order valence-electron chi connectivity index (χ1n) is 8.68. The van der Waals surface area contributed by atoms with Gasteiger partial charge < -0.3 is 4.57 Å². The SMILES string of the molecule is Cc1ccc(S(=O)(=O)N/N=C\c2ccc(Sc3nncn3C)c([N+](=O)[O-])c2)cc1[N+](=O)[O-]. The molecule has 1 N–H and O–H groups in total. The topological polar surface area (TPSA) is 176 Å². The number of aryl methyl sites for hydroxylation is 2. The van der Waals surface area contributed by atoms with Crippen LogP contribution in [0.15, 0.2) is 62.8 Å². The normalized spacial score (nSPS) is 11.6. The molecule has 0 spiro atoms. The molecular weight excluding hydrogens is 462 g/mol. The first-order valence-corrected chi connectivity index (χ1v) is 11.0. The van der Waals surface area contributed by atoms with Gasteiger partial charge in [0, 0.05) is 30.3 Å². The molecule has 3 rings (SSSR count). The molecule has 0 fully saturated rings. The third-order valence-electron chi connectivity index (χ3n) is 4.12. The van der Waals surface area contributed by atoms with Crippen molar-refractivity contribution in [3.63, 3.8) is 0 Å². The van der Waals surface area contributed by atoms with Crippen molar-refractivity contribution in [1.29, 1.82) is 0 Å². The zero-order valence-corrected chi connectivity index (χ0v) is 18.2. The summed E-state index contributed by atoms with van der Waals surface area (Å²) >= 11 is 1.05. The Hall–Kier alpha value is -3.85. The van der Waals surface area contributed by atoms with Crippen LogP contribution >= 0.6 is 11.8 Å². The van der Waals surface area contributed by atoms with Crippen molar-refractivity contribution in [1.82, 2.24) is 19.6 Å². The quantitative estimate of drug-likeness (QED) is 0.290. The summed E-state index contributed by atoms with van der Waals surface area (Å²) in [6, 6.07) is 7.68. The largest absolute Gasteiger partial charge is 0.311 e. The van der Waals surface area contributed by atoms with Crippen molar-refractivity contribution < 1.29 is 18.3 Å². The Bertz CT molecular complexity index is 1340. The number of nitro benzene ring substituents is 2. The molecule has 2 aromatic carbocycles. The molecule has 0 aliphatic heterocycles. The second kappa shape index (κ2) is 9.11. The number of nitro groups is 2. The van der Waals surface area contributed by atoms with Crippen molar-refractivity contribution in [2.75, 3.05) is 0 Å². The molecule has 166 valence electrons. The number of rotatable bonds is 8. The van der Waals surface area contributed by atoms with E-state index in [1.165, 1.54) is 43.6 Å². The van der Waals surface area contributed by atoms with Crippen LogP contribution in [-0.4, -0.2) is 39.2 Å². The summed E-state index contributed by atoms with van der Waals surface area (Å²) in [5, 5.41) is 34.1. The van der Waals surface area contributed by atoms with Gasteiger partial charge in [0.25, 0.3) is 21.4 Å². The molecule has 15 heteroatoms. The van der Waals surface area contributed by atoms with E-state index in [0.717, 1.165) is 24.0 Å². The smallest absolute Gasteiger partial charge is 0.283 e. The van der Waals surface area contributed by atoms with Crippen LogP contribution < -0.4 is 4.83 Å². The molecule has 1 aromatic heterocycles. The minimum absolute atomic E-state index is 0.223. The Balaban J connectivity index is 1.81. The molecule has 0 aliphatic carbocycles. The summed E-state index contributed by atoms with van der Waals surface area (Å²) in [6.45, 7) is 1.49. The van der Waals surface area contributed by atoms with E-state index >= 15 is 0 Å². The van der Waals surface area contributed by atoms with Crippen LogP contribution in [0, 0.1) is 27.2 Å². The molecular formula is C17H15N7O6S2. The lowest BCUT2D eigenvalue weighted by atomic mass is 10.2. The van der Waals surface area contributed by atoms with Crippen molar-refractivity contribution in [2.45, 2.75) is 21.9 Å². The predicted molar refractivity (Wildman–Crippen MR) is 114 cm³/mol. The lowest BCUT2D eigenvalue weighted by Crippen LogP contribution is -2.18. The maximum absolute atomic E-state index is 12.4. The van der Waals surface area contributed by atoms with Gasteiger partial charge in [-0.2, -0.15) is 13.5 Å². The maximum Gasteiger partial charge on any atom is 0.283 e. The van der Waals surface area contributed by atoms with Gasteiger partial charge in [0.15, 0.2) is 5.16 Å². The van der Waals surface area contributed by atoms with Gasteiger partial charge in [-0.3, -0.25) is 20.2 Å². The third-order valence-corrected chi connectivity index (χ3v) is 6.46. The summed E-state index contributed by atoms with van der Waals surface area (Å²) in [5.41, 5.74) is 0.00286. The van der Waals surface area contributed by atoms with Crippen LogP contribution in [0.25, 0.3) is 0 Å². The van der Waals surface area contributed by atoms with Crippen molar-refractivity contribution in [2.24, 2.45) is 12.1 Å². The number of nitrogens with zero attached hydrogens (tertiary/aromatic N) is 6. The molecule has 1 heterocycles. The lowest BCUT2D eigenvalue weighted by Gasteiger charge is -2.05. The maximum atomic E-state index is 12.4. The van der Waals surface area contributed by atoms with Gasteiger partial charge >= 0.3 is 0 Å². The van der Waals surface area contributed by atoms with Gasteiger partial charge in [0.05, 0.1) is 25.9 Å². The van der Waals surface area contributed by atoms with E-state index in [0.29, 0.717) is 15.6 Å². The minimum atomic E-state index is -4.19. The highest BCUT2D eigenvalue weighted by molar-refractivity contribution is 7.99. The number of aromatic nitrogens is 3. The zero-order chi connectivity index (χ0) is 23.5. The third kappa shape index (κ3) is 5.06. The highest BCUT2D eigenvalue weighted by Crippen LogP contribution is 2.33. The Morgan fingerprint density at radius 3 is 2.47 bits per heavy atom. The summed E-state index contributed by atoms with van der Waals surface area (Å²) in [6.07, 6.45) is 2.55. The zero-order valence-electron chi connectivity index (χ0n) is 16.6. The van der Waals surface area contributed by atoms with Gasteiger partial charge in [-0.1, -0.05) is 12.1 Å². The standard InChI is InChI=1S/C17H15N7O6S2/c1-11-3-5-13(8-14(11)23(25)26)32(29,30)21-18-9-12-4-6-16(15(7-12)24(27)28)31-17-20-19-10-22(17)2/h3-10,21H,1-2H3/b18-9-. The van der Waals surface area contributed by atoms with Gasteiger partial charge in [0.1, 0.15) is 6.33 Å². The van der Waals surface area contributed by atoms with Crippen LogP contribution in [0.5, 0.6) is 0 Å². The highest BCUT2D eigenvalue weighted by atomic mass is 32.2. The minimum Gasteiger partial charge on any atom is -0.311 e. The monoisotopic (exact) mass is 477 g/mol. The van der Waals surface area contributed by atoms with Crippen molar-refractivity contribution >= 4 is 39.4 Å². The number of benzene rings is 2. The fourth-order valence-electron chi connectivity index (χ4n) is 2.48. The van der Waals surface area contributed by atoms with Crippen LogP contribution in [0.4, 0.5) is 11.4 Å². The molecule has 0 saturated heterocycles. The Kier molecular flexibility index (Phi) is 6.50. The average molecular weight is 477 g/mol. The number of hydrogen-bond donors (Lipinski definition) is 1. The van der Waals surface area contributed by atoms with Gasteiger partial charge in [0.2, 0.25) is 0 Å². The van der Waals surface area contributed by atoms with E-state index in [1.54, 1.807) is 11.6 Å². The molecule has 0 aliphatic rings. The van der Waals surface area contributed by atoms with Gasteiger partial charge in [-0.15, -0.1) is 10.2 Å².